The molecule has 1 aliphatic rings. The fourth-order valence-electron chi connectivity index (χ4n) is 4.09. The van der Waals surface area contributed by atoms with Crippen LogP contribution in [-0.4, -0.2) is 21.5 Å². The van der Waals surface area contributed by atoms with Gasteiger partial charge in [-0.25, -0.2) is 4.68 Å². The molecular weight excluding hydrogens is 370 g/mol. The minimum Gasteiger partial charge on any atom is -0.310 e. The van der Waals surface area contributed by atoms with Gasteiger partial charge in [0.15, 0.2) is 5.78 Å². The molecule has 0 saturated heterocycles. The Morgan fingerprint density at radius 1 is 1.11 bits per heavy atom. The van der Waals surface area contributed by atoms with Gasteiger partial charge < -0.3 is 5.32 Å². The number of aryl methyl sites for hydroxylation is 5. The lowest BCUT2D eigenvalue weighted by molar-refractivity contribution is -0.116. The molecule has 28 heavy (non-hydrogen) atoms. The minimum atomic E-state index is -0.504. The van der Waals surface area contributed by atoms with Crippen LogP contribution in [0.2, 0.25) is 0 Å². The number of rotatable bonds is 3. The number of anilines is 1. The first kappa shape index (κ1) is 18.6. The maximum Gasteiger partial charge on any atom is 0.226 e. The van der Waals surface area contributed by atoms with E-state index in [9.17, 15) is 9.59 Å². The second kappa shape index (κ2) is 6.71. The molecule has 0 spiro atoms. The van der Waals surface area contributed by atoms with Crippen molar-refractivity contribution in [3.63, 3.8) is 0 Å². The molecule has 1 N–H and O–H groups in total. The Labute approximate surface area is 168 Å². The van der Waals surface area contributed by atoms with Gasteiger partial charge >= 0.3 is 0 Å². The summed E-state index contributed by atoms with van der Waals surface area (Å²) >= 11 is 1.61. The lowest BCUT2D eigenvalue weighted by atomic mass is 9.85. The Morgan fingerprint density at radius 3 is 2.39 bits per heavy atom. The summed E-state index contributed by atoms with van der Waals surface area (Å²) in [5.41, 5.74) is 5.45. The van der Waals surface area contributed by atoms with Crippen molar-refractivity contribution in [1.29, 1.82) is 0 Å². The first-order valence-corrected chi connectivity index (χ1v) is 10.2. The van der Waals surface area contributed by atoms with Crippen LogP contribution in [0.5, 0.6) is 0 Å². The maximum atomic E-state index is 13.3. The Morgan fingerprint density at radius 2 is 1.79 bits per heavy atom. The van der Waals surface area contributed by atoms with E-state index in [1.54, 1.807) is 16.0 Å². The van der Waals surface area contributed by atoms with E-state index in [1.165, 1.54) is 0 Å². The number of carbonyl (C=O) groups excluding carboxylic acids is 2. The molecule has 1 aliphatic heterocycles. The fraction of sp³-hybridized carbons (Fsp3) is 0.318. The number of fused-ring (bicyclic) bond motifs is 1. The van der Waals surface area contributed by atoms with Crippen LogP contribution in [0.1, 0.15) is 54.8 Å². The standard InChI is InChI=1S/C22H23N3O2S/c1-11-6-12(2)8-16(7-11)25-22-20(14(4)24-25)18(10-19(26)23-22)21(27)17-9-13(3)28-15(17)5/h6-9,18H,10H2,1-5H3,(H,23,26). The minimum absolute atomic E-state index is 0.000947. The molecule has 1 atom stereocenters. The van der Waals surface area contributed by atoms with Gasteiger partial charge in [0.1, 0.15) is 5.82 Å². The summed E-state index contributed by atoms with van der Waals surface area (Å²) in [6.45, 7) is 9.93. The molecule has 1 amide bonds. The lowest BCUT2D eigenvalue weighted by Crippen LogP contribution is -2.28. The zero-order valence-corrected chi connectivity index (χ0v) is 17.5. The molecule has 0 saturated carbocycles. The monoisotopic (exact) mass is 393 g/mol. The molecule has 1 aromatic carbocycles. The zero-order valence-electron chi connectivity index (χ0n) is 16.7. The molecule has 0 fully saturated rings. The van der Waals surface area contributed by atoms with E-state index in [2.05, 4.69) is 16.5 Å². The molecule has 0 radical (unpaired) electrons. The fourth-order valence-corrected chi connectivity index (χ4v) is 5.02. The largest absolute Gasteiger partial charge is 0.310 e. The molecule has 4 rings (SSSR count). The Balaban J connectivity index is 1.85. The SMILES string of the molecule is Cc1cc(C)cc(-n2nc(C)c3c2NC(=O)CC3C(=O)c2cc(C)sc2C)c1. The predicted molar refractivity (Wildman–Crippen MR) is 112 cm³/mol. The third-order valence-corrected chi connectivity index (χ3v) is 6.14. The van der Waals surface area contributed by atoms with E-state index in [0.717, 1.165) is 37.8 Å². The summed E-state index contributed by atoms with van der Waals surface area (Å²) in [5, 5.41) is 7.64. The van der Waals surface area contributed by atoms with Crippen molar-refractivity contribution in [3.05, 3.63) is 62.0 Å². The van der Waals surface area contributed by atoms with E-state index in [0.29, 0.717) is 11.4 Å². The van der Waals surface area contributed by atoms with Gasteiger partial charge in [0.2, 0.25) is 5.91 Å². The number of amides is 1. The van der Waals surface area contributed by atoms with E-state index in [-0.39, 0.29) is 18.1 Å². The van der Waals surface area contributed by atoms with Crippen molar-refractivity contribution in [3.8, 4) is 5.69 Å². The summed E-state index contributed by atoms with van der Waals surface area (Å²) in [5.74, 6) is -0.0418. The maximum absolute atomic E-state index is 13.3. The molecule has 0 bridgehead atoms. The summed E-state index contributed by atoms with van der Waals surface area (Å²) in [6.07, 6.45) is 0.152. The smallest absolute Gasteiger partial charge is 0.226 e. The summed E-state index contributed by atoms with van der Waals surface area (Å²) in [6, 6.07) is 8.09. The predicted octanol–water partition coefficient (Wildman–Crippen LogP) is 4.78. The van der Waals surface area contributed by atoms with Crippen molar-refractivity contribution in [2.24, 2.45) is 0 Å². The highest BCUT2D eigenvalue weighted by molar-refractivity contribution is 7.12. The van der Waals surface area contributed by atoms with E-state index in [4.69, 9.17) is 0 Å². The number of ketones is 1. The molecule has 3 heterocycles. The van der Waals surface area contributed by atoms with Crippen LogP contribution in [0.15, 0.2) is 24.3 Å². The van der Waals surface area contributed by atoms with E-state index in [1.807, 2.05) is 52.8 Å². The zero-order chi connectivity index (χ0) is 20.2. The van der Waals surface area contributed by atoms with E-state index >= 15 is 0 Å². The number of nitrogens with one attached hydrogen (secondary N) is 1. The first-order chi connectivity index (χ1) is 13.2. The van der Waals surface area contributed by atoms with Crippen molar-refractivity contribution < 1.29 is 9.59 Å². The van der Waals surface area contributed by atoms with Crippen molar-refractivity contribution in [2.45, 2.75) is 47.0 Å². The van der Waals surface area contributed by atoms with Crippen molar-refractivity contribution >= 4 is 28.8 Å². The van der Waals surface area contributed by atoms with Crippen LogP contribution in [0.4, 0.5) is 5.82 Å². The number of Topliss-reactive ketones (excluding diaryl/α,β-unsaturated/α-hetero) is 1. The van der Waals surface area contributed by atoms with Gasteiger partial charge in [-0.05, 0) is 63.9 Å². The molecule has 3 aromatic rings. The van der Waals surface area contributed by atoms with Gasteiger partial charge in [-0.3, -0.25) is 9.59 Å². The summed E-state index contributed by atoms with van der Waals surface area (Å²) < 4.78 is 1.76. The van der Waals surface area contributed by atoms with Gasteiger partial charge in [-0.1, -0.05) is 6.07 Å². The molecule has 0 aliphatic carbocycles. The average Bonchev–Trinajstić information content (AvgIpc) is 3.11. The lowest BCUT2D eigenvalue weighted by Gasteiger charge is -2.23. The van der Waals surface area contributed by atoms with Crippen LogP contribution in [0.25, 0.3) is 5.69 Å². The molecule has 6 heteroatoms. The number of nitrogens with zero attached hydrogens (tertiary/aromatic N) is 2. The molecule has 5 nitrogen and oxygen atoms in total. The van der Waals surface area contributed by atoms with Crippen LogP contribution in [0.3, 0.4) is 0 Å². The number of carbonyl (C=O) groups is 2. The normalized spacial score (nSPS) is 16.0. The second-order valence-corrected chi connectivity index (χ2v) is 9.06. The molecule has 2 aromatic heterocycles. The number of benzene rings is 1. The highest BCUT2D eigenvalue weighted by Crippen LogP contribution is 2.39. The summed E-state index contributed by atoms with van der Waals surface area (Å²) in [4.78, 5) is 27.9. The van der Waals surface area contributed by atoms with Crippen LogP contribution in [0, 0.1) is 34.6 Å². The van der Waals surface area contributed by atoms with Gasteiger partial charge in [0, 0.05) is 27.3 Å². The highest BCUT2D eigenvalue weighted by atomic mass is 32.1. The number of hydrogen-bond acceptors (Lipinski definition) is 4. The van der Waals surface area contributed by atoms with Crippen molar-refractivity contribution in [2.75, 3.05) is 5.32 Å². The number of aromatic nitrogens is 2. The van der Waals surface area contributed by atoms with Gasteiger partial charge in [-0.2, -0.15) is 5.10 Å². The molecule has 1 unspecified atom stereocenters. The van der Waals surface area contributed by atoms with Gasteiger partial charge in [0.25, 0.3) is 0 Å². The van der Waals surface area contributed by atoms with E-state index < -0.39 is 5.92 Å². The first-order valence-electron chi connectivity index (χ1n) is 9.34. The third kappa shape index (κ3) is 3.07. The third-order valence-electron chi connectivity index (χ3n) is 5.18. The van der Waals surface area contributed by atoms with Crippen molar-refractivity contribution in [1.82, 2.24) is 9.78 Å². The van der Waals surface area contributed by atoms with Crippen LogP contribution in [-0.2, 0) is 4.79 Å². The van der Waals surface area contributed by atoms with Gasteiger partial charge in [0.05, 0.1) is 17.3 Å². The van der Waals surface area contributed by atoms with Crippen LogP contribution < -0.4 is 5.32 Å². The summed E-state index contributed by atoms with van der Waals surface area (Å²) in [7, 11) is 0. The number of thiophene rings is 1. The molecular formula is C22H23N3O2S. The topological polar surface area (TPSA) is 64.0 Å². The molecule has 144 valence electrons. The Bertz CT molecular complexity index is 1100. The Kier molecular flexibility index (Phi) is 4.46. The average molecular weight is 394 g/mol. The van der Waals surface area contributed by atoms with Gasteiger partial charge in [-0.15, -0.1) is 11.3 Å². The highest BCUT2D eigenvalue weighted by Gasteiger charge is 2.37. The van der Waals surface area contributed by atoms with Crippen LogP contribution >= 0.6 is 11.3 Å². The second-order valence-electron chi connectivity index (χ2n) is 7.60. The Hall–Kier alpha value is -2.73. The number of hydrogen-bond donors (Lipinski definition) is 1. The quantitative estimate of drug-likeness (QED) is 0.651.